The molecule has 0 heterocycles. The van der Waals surface area contributed by atoms with E-state index in [0.717, 1.165) is 25.7 Å². The van der Waals surface area contributed by atoms with Gasteiger partial charge < -0.3 is 15.6 Å². The van der Waals surface area contributed by atoms with Gasteiger partial charge in [-0.05, 0) is 31.6 Å². The molecule has 1 aliphatic carbocycles. The van der Waals surface area contributed by atoms with Gasteiger partial charge in [-0.1, -0.05) is 0 Å². The molecule has 1 amide bonds. The second-order valence-electron chi connectivity index (χ2n) is 3.26. The molecule has 0 aliphatic heterocycles. The number of nitrogens with two attached hydrogens (primary N) is 1. The Morgan fingerprint density at radius 1 is 1.42 bits per heavy atom. The van der Waals surface area contributed by atoms with Crippen LogP contribution in [0.25, 0.3) is 0 Å². The zero-order valence-electron chi connectivity index (χ0n) is 7.03. The van der Waals surface area contributed by atoms with E-state index in [1.165, 1.54) is 0 Å². The highest BCUT2D eigenvalue weighted by atomic mass is 16.6. The number of rotatable bonds is 2. The minimum atomic E-state index is -0.692. The second-order valence-corrected chi connectivity index (χ2v) is 3.26. The van der Waals surface area contributed by atoms with Gasteiger partial charge in [0.1, 0.15) is 6.10 Å². The molecular weight excluding hydrogens is 158 g/mol. The SMILES string of the molecule is NC(=O)OC1CCC(CO)CC1. The van der Waals surface area contributed by atoms with Gasteiger partial charge in [-0.2, -0.15) is 0 Å². The first-order valence-corrected chi connectivity index (χ1v) is 4.29. The summed E-state index contributed by atoms with van der Waals surface area (Å²) in [5.74, 6) is 0.387. The predicted molar refractivity (Wildman–Crippen MR) is 43.5 cm³/mol. The van der Waals surface area contributed by atoms with Crippen LogP contribution in [0.15, 0.2) is 0 Å². The molecule has 70 valence electrons. The summed E-state index contributed by atoms with van der Waals surface area (Å²) in [4.78, 5) is 10.4. The number of carbonyl (C=O) groups excluding carboxylic acids is 1. The van der Waals surface area contributed by atoms with Crippen molar-refractivity contribution < 1.29 is 14.6 Å². The van der Waals surface area contributed by atoms with Crippen molar-refractivity contribution >= 4 is 6.09 Å². The topological polar surface area (TPSA) is 72.6 Å². The number of hydrogen-bond donors (Lipinski definition) is 2. The van der Waals surface area contributed by atoms with Crippen LogP contribution in [0.3, 0.4) is 0 Å². The molecule has 0 aromatic heterocycles. The molecule has 1 fully saturated rings. The summed E-state index contributed by atoms with van der Waals surface area (Å²) in [5.41, 5.74) is 4.88. The van der Waals surface area contributed by atoms with Crippen LogP contribution in [0.1, 0.15) is 25.7 Å². The molecule has 0 bridgehead atoms. The summed E-state index contributed by atoms with van der Waals surface area (Å²) in [6.07, 6.45) is 2.79. The highest BCUT2D eigenvalue weighted by molar-refractivity contribution is 5.64. The Morgan fingerprint density at radius 2 is 2.00 bits per heavy atom. The monoisotopic (exact) mass is 173 g/mol. The van der Waals surface area contributed by atoms with Crippen molar-refractivity contribution in [2.45, 2.75) is 31.8 Å². The highest BCUT2D eigenvalue weighted by Crippen LogP contribution is 2.25. The van der Waals surface area contributed by atoms with Crippen molar-refractivity contribution in [2.75, 3.05) is 6.61 Å². The summed E-state index contributed by atoms with van der Waals surface area (Å²) in [7, 11) is 0. The van der Waals surface area contributed by atoms with Crippen molar-refractivity contribution in [3.8, 4) is 0 Å². The van der Waals surface area contributed by atoms with Crippen LogP contribution < -0.4 is 5.73 Å². The van der Waals surface area contributed by atoms with Gasteiger partial charge in [0.25, 0.3) is 0 Å². The maximum atomic E-state index is 10.4. The number of aliphatic hydroxyl groups is 1. The maximum Gasteiger partial charge on any atom is 0.404 e. The molecule has 0 unspecified atom stereocenters. The van der Waals surface area contributed by atoms with Gasteiger partial charge in [0.05, 0.1) is 0 Å². The largest absolute Gasteiger partial charge is 0.446 e. The summed E-state index contributed by atoms with van der Waals surface area (Å²) in [6.45, 7) is 0.239. The Hall–Kier alpha value is -0.770. The van der Waals surface area contributed by atoms with Crippen molar-refractivity contribution in [3.05, 3.63) is 0 Å². The van der Waals surface area contributed by atoms with E-state index < -0.39 is 6.09 Å². The lowest BCUT2D eigenvalue weighted by Crippen LogP contribution is -2.28. The lowest BCUT2D eigenvalue weighted by Gasteiger charge is -2.26. The van der Waals surface area contributed by atoms with E-state index in [-0.39, 0.29) is 12.7 Å². The Kier molecular flexibility index (Phi) is 3.34. The molecule has 1 aliphatic rings. The lowest BCUT2D eigenvalue weighted by atomic mass is 9.88. The smallest absolute Gasteiger partial charge is 0.404 e. The highest BCUT2D eigenvalue weighted by Gasteiger charge is 2.22. The van der Waals surface area contributed by atoms with Crippen molar-refractivity contribution in [1.82, 2.24) is 0 Å². The van der Waals surface area contributed by atoms with Gasteiger partial charge in [-0.3, -0.25) is 0 Å². The molecule has 0 aromatic rings. The van der Waals surface area contributed by atoms with Gasteiger partial charge in [0.2, 0.25) is 0 Å². The first kappa shape index (κ1) is 9.32. The first-order chi connectivity index (χ1) is 5.72. The average Bonchev–Trinajstić information content (AvgIpc) is 2.05. The summed E-state index contributed by atoms with van der Waals surface area (Å²) < 4.78 is 4.84. The van der Waals surface area contributed by atoms with Crippen LogP contribution in [0, 0.1) is 5.92 Å². The predicted octanol–water partition coefficient (Wildman–Crippen LogP) is 0.633. The Balaban J connectivity index is 2.21. The minimum Gasteiger partial charge on any atom is -0.446 e. The molecule has 0 aromatic carbocycles. The summed E-state index contributed by atoms with van der Waals surface area (Å²) >= 11 is 0. The molecular formula is C8H15NO3. The fraction of sp³-hybridized carbons (Fsp3) is 0.875. The molecule has 12 heavy (non-hydrogen) atoms. The van der Waals surface area contributed by atoms with E-state index >= 15 is 0 Å². The maximum absolute atomic E-state index is 10.4. The van der Waals surface area contributed by atoms with Crippen LogP contribution in [0.2, 0.25) is 0 Å². The lowest BCUT2D eigenvalue weighted by molar-refractivity contribution is 0.0603. The standard InChI is InChI=1S/C8H15NO3/c9-8(11)12-7-3-1-6(5-10)2-4-7/h6-7,10H,1-5H2,(H2,9,11). The van der Waals surface area contributed by atoms with E-state index in [2.05, 4.69) is 0 Å². The third-order valence-corrected chi connectivity index (χ3v) is 2.33. The average molecular weight is 173 g/mol. The van der Waals surface area contributed by atoms with Crippen LogP contribution in [-0.2, 0) is 4.74 Å². The molecule has 4 nitrogen and oxygen atoms in total. The van der Waals surface area contributed by atoms with Crippen molar-refractivity contribution in [2.24, 2.45) is 11.7 Å². The number of carbonyl (C=O) groups is 1. The fourth-order valence-corrected chi connectivity index (χ4v) is 1.60. The number of primary amides is 1. The quantitative estimate of drug-likeness (QED) is 0.643. The Bertz CT molecular complexity index is 152. The molecule has 0 saturated heterocycles. The zero-order valence-corrected chi connectivity index (χ0v) is 7.03. The molecule has 1 rings (SSSR count). The van der Waals surface area contributed by atoms with Gasteiger partial charge in [0.15, 0.2) is 0 Å². The minimum absolute atomic E-state index is 0.0229. The molecule has 4 heteroatoms. The van der Waals surface area contributed by atoms with Crippen LogP contribution >= 0.6 is 0 Å². The van der Waals surface area contributed by atoms with Crippen molar-refractivity contribution in [3.63, 3.8) is 0 Å². The third kappa shape index (κ3) is 2.70. The van der Waals surface area contributed by atoms with E-state index in [0.29, 0.717) is 5.92 Å². The number of amides is 1. The Labute approximate surface area is 71.7 Å². The third-order valence-electron chi connectivity index (χ3n) is 2.33. The first-order valence-electron chi connectivity index (χ1n) is 4.29. The van der Waals surface area contributed by atoms with Crippen LogP contribution in [-0.4, -0.2) is 23.9 Å². The molecule has 1 saturated carbocycles. The van der Waals surface area contributed by atoms with E-state index in [9.17, 15) is 4.79 Å². The number of aliphatic hydroxyl groups excluding tert-OH is 1. The van der Waals surface area contributed by atoms with Gasteiger partial charge in [-0.25, -0.2) is 4.79 Å². The van der Waals surface area contributed by atoms with E-state index in [1.54, 1.807) is 0 Å². The second kappa shape index (κ2) is 4.30. The summed E-state index contributed by atoms with van der Waals surface area (Å²) in [5, 5.41) is 8.83. The Morgan fingerprint density at radius 3 is 2.42 bits per heavy atom. The van der Waals surface area contributed by atoms with E-state index in [4.69, 9.17) is 15.6 Å². The van der Waals surface area contributed by atoms with E-state index in [1.807, 2.05) is 0 Å². The fourth-order valence-electron chi connectivity index (χ4n) is 1.60. The van der Waals surface area contributed by atoms with Gasteiger partial charge in [0, 0.05) is 6.61 Å². The zero-order chi connectivity index (χ0) is 8.97. The van der Waals surface area contributed by atoms with Crippen LogP contribution in [0.5, 0.6) is 0 Å². The molecule has 0 radical (unpaired) electrons. The number of hydrogen-bond acceptors (Lipinski definition) is 3. The van der Waals surface area contributed by atoms with Crippen molar-refractivity contribution in [1.29, 1.82) is 0 Å². The van der Waals surface area contributed by atoms with Gasteiger partial charge in [-0.15, -0.1) is 0 Å². The normalized spacial score (nSPS) is 29.8. The molecule has 0 spiro atoms. The molecule has 3 N–H and O–H groups in total. The van der Waals surface area contributed by atoms with Crippen LogP contribution in [0.4, 0.5) is 4.79 Å². The molecule has 0 atom stereocenters. The van der Waals surface area contributed by atoms with Gasteiger partial charge >= 0.3 is 6.09 Å². The number of ether oxygens (including phenoxy) is 1. The summed E-state index contributed by atoms with van der Waals surface area (Å²) in [6, 6.07) is 0.